The highest BCUT2D eigenvalue weighted by Gasteiger charge is 2.31. The zero-order valence-electron chi connectivity index (χ0n) is 16.9. The quantitative estimate of drug-likeness (QED) is 0.744. The van der Waals surface area contributed by atoms with Gasteiger partial charge < -0.3 is 24.0 Å². The van der Waals surface area contributed by atoms with Crippen molar-refractivity contribution < 1.29 is 19.0 Å². The number of anilines is 1. The fraction of sp³-hybridized carbons (Fsp3) is 0.650. The van der Waals surface area contributed by atoms with Crippen molar-refractivity contribution in [1.29, 1.82) is 0 Å². The van der Waals surface area contributed by atoms with Crippen LogP contribution in [0, 0.1) is 0 Å². The van der Waals surface area contributed by atoms with Crippen molar-refractivity contribution in [3.05, 3.63) is 17.7 Å². The van der Waals surface area contributed by atoms with E-state index in [9.17, 15) is 4.79 Å². The molecule has 0 N–H and O–H groups in total. The summed E-state index contributed by atoms with van der Waals surface area (Å²) in [4.78, 5) is 19.5. The van der Waals surface area contributed by atoms with Crippen LogP contribution in [0.3, 0.4) is 0 Å². The maximum Gasteiger partial charge on any atom is 0.228 e. The Hall–Kier alpha value is -1.83. The minimum absolute atomic E-state index is 0.154. The second kappa shape index (κ2) is 8.91. The molecular formula is C20H31N3O4. The summed E-state index contributed by atoms with van der Waals surface area (Å²) in [6.45, 7) is 4.76. The SMILES string of the molecule is COc1cc2c(cc1OC)N(C(=O)CCN1CCOCC1)CC(N(C)C)C2. The number of fused-ring (bicyclic) bond motifs is 1. The fourth-order valence-corrected chi connectivity index (χ4v) is 3.75. The molecule has 27 heavy (non-hydrogen) atoms. The highest BCUT2D eigenvalue weighted by atomic mass is 16.5. The van der Waals surface area contributed by atoms with Crippen LogP contribution in [0.1, 0.15) is 12.0 Å². The van der Waals surface area contributed by atoms with Gasteiger partial charge in [0.25, 0.3) is 0 Å². The zero-order chi connectivity index (χ0) is 19.4. The Bertz CT molecular complexity index is 659. The van der Waals surface area contributed by atoms with Gasteiger partial charge in [0.05, 0.1) is 33.1 Å². The van der Waals surface area contributed by atoms with Gasteiger partial charge in [0.15, 0.2) is 11.5 Å². The van der Waals surface area contributed by atoms with E-state index >= 15 is 0 Å². The Kier molecular flexibility index (Phi) is 6.57. The van der Waals surface area contributed by atoms with Gasteiger partial charge in [-0.3, -0.25) is 9.69 Å². The van der Waals surface area contributed by atoms with Crippen molar-refractivity contribution in [2.45, 2.75) is 18.9 Å². The van der Waals surface area contributed by atoms with Crippen LogP contribution < -0.4 is 14.4 Å². The topological polar surface area (TPSA) is 54.5 Å². The lowest BCUT2D eigenvalue weighted by atomic mass is 9.96. The first kappa shape index (κ1) is 19.9. The molecule has 0 radical (unpaired) electrons. The van der Waals surface area contributed by atoms with Crippen LogP contribution in [0.15, 0.2) is 12.1 Å². The van der Waals surface area contributed by atoms with E-state index in [2.05, 4.69) is 23.9 Å². The Labute approximate surface area is 161 Å². The van der Waals surface area contributed by atoms with E-state index in [1.165, 1.54) is 0 Å². The molecule has 1 amide bonds. The van der Waals surface area contributed by atoms with E-state index in [4.69, 9.17) is 14.2 Å². The molecule has 0 aromatic heterocycles. The summed E-state index contributed by atoms with van der Waals surface area (Å²) in [5.74, 6) is 1.52. The van der Waals surface area contributed by atoms with Gasteiger partial charge in [-0.2, -0.15) is 0 Å². The number of ether oxygens (including phenoxy) is 3. The van der Waals surface area contributed by atoms with E-state index in [0.29, 0.717) is 24.5 Å². The first-order chi connectivity index (χ1) is 13.0. The van der Waals surface area contributed by atoms with Crippen molar-refractivity contribution in [1.82, 2.24) is 9.80 Å². The number of carbonyl (C=O) groups is 1. The van der Waals surface area contributed by atoms with Crippen molar-refractivity contribution in [2.24, 2.45) is 0 Å². The average Bonchev–Trinajstić information content (AvgIpc) is 2.70. The number of morpholine rings is 1. The number of hydrogen-bond acceptors (Lipinski definition) is 6. The molecule has 7 nitrogen and oxygen atoms in total. The molecule has 0 saturated carbocycles. The summed E-state index contributed by atoms with van der Waals surface area (Å²) >= 11 is 0. The minimum Gasteiger partial charge on any atom is -0.493 e. The average molecular weight is 377 g/mol. The van der Waals surface area contributed by atoms with Crippen molar-refractivity contribution in [3.63, 3.8) is 0 Å². The lowest BCUT2D eigenvalue weighted by Crippen LogP contribution is -2.49. The Balaban J connectivity index is 1.81. The molecule has 2 aliphatic rings. The molecule has 0 bridgehead atoms. The summed E-state index contributed by atoms with van der Waals surface area (Å²) < 4.78 is 16.3. The molecule has 1 saturated heterocycles. The number of methoxy groups -OCH3 is 2. The van der Waals surface area contributed by atoms with Crippen LogP contribution in [-0.4, -0.2) is 89.5 Å². The molecule has 0 aliphatic carbocycles. The van der Waals surface area contributed by atoms with Crippen LogP contribution >= 0.6 is 0 Å². The number of carbonyl (C=O) groups excluding carboxylic acids is 1. The molecule has 150 valence electrons. The van der Waals surface area contributed by atoms with Crippen LogP contribution in [0.4, 0.5) is 5.69 Å². The fourth-order valence-electron chi connectivity index (χ4n) is 3.75. The molecule has 3 rings (SSSR count). The van der Waals surface area contributed by atoms with Crippen LogP contribution in [0.2, 0.25) is 0 Å². The molecule has 2 heterocycles. The van der Waals surface area contributed by atoms with Gasteiger partial charge in [0.1, 0.15) is 0 Å². The van der Waals surface area contributed by atoms with E-state index in [1.807, 2.05) is 17.0 Å². The lowest BCUT2D eigenvalue weighted by molar-refractivity contribution is -0.119. The molecule has 1 atom stereocenters. The van der Waals surface area contributed by atoms with Crippen molar-refractivity contribution in [3.8, 4) is 11.5 Å². The largest absolute Gasteiger partial charge is 0.493 e. The lowest BCUT2D eigenvalue weighted by Gasteiger charge is -2.38. The standard InChI is InChI=1S/C20H31N3O4/c1-21(2)16-11-15-12-18(25-3)19(26-4)13-17(15)23(14-16)20(24)5-6-22-7-9-27-10-8-22/h12-13,16H,5-11,14H2,1-4H3. The molecule has 1 aromatic carbocycles. The number of likely N-dealkylation sites (N-methyl/N-ethyl adjacent to an activating group) is 1. The summed E-state index contributed by atoms with van der Waals surface area (Å²) in [5.41, 5.74) is 2.06. The maximum atomic E-state index is 13.1. The first-order valence-corrected chi connectivity index (χ1v) is 9.55. The molecule has 2 aliphatic heterocycles. The summed E-state index contributed by atoms with van der Waals surface area (Å²) in [6.07, 6.45) is 1.39. The number of nitrogens with zero attached hydrogens (tertiary/aromatic N) is 3. The third kappa shape index (κ3) is 4.54. The molecule has 0 spiro atoms. The second-order valence-corrected chi connectivity index (χ2v) is 7.37. The van der Waals surface area contributed by atoms with Crippen molar-refractivity contribution >= 4 is 11.6 Å². The highest BCUT2D eigenvalue weighted by Crippen LogP contribution is 2.38. The van der Waals surface area contributed by atoms with Crippen LogP contribution in [0.5, 0.6) is 11.5 Å². The van der Waals surface area contributed by atoms with Gasteiger partial charge in [-0.1, -0.05) is 0 Å². The van der Waals surface area contributed by atoms with Gasteiger partial charge in [-0.05, 0) is 32.1 Å². The smallest absolute Gasteiger partial charge is 0.228 e. The number of hydrogen-bond donors (Lipinski definition) is 0. The Morgan fingerprint density at radius 1 is 1.19 bits per heavy atom. The van der Waals surface area contributed by atoms with Gasteiger partial charge in [-0.25, -0.2) is 0 Å². The van der Waals surface area contributed by atoms with Gasteiger partial charge >= 0.3 is 0 Å². The third-order valence-electron chi connectivity index (χ3n) is 5.50. The second-order valence-electron chi connectivity index (χ2n) is 7.37. The molecule has 1 fully saturated rings. The van der Waals surface area contributed by atoms with E-state index in [0.717, 1.165) is 50.5 Å². The highest BCUT2D eigenvalue weighted by molar-refractivity contribution is 5.95. The van der Waals surface area contributed by atoms with Gasteiger partial charge in [-0.15, -0.1) is 0 Å². The number of rotatable bonds is 6. The predicted molar refractivity (Wildman–Crippen MR) is 105 cm³/mol. The number of benzene rings is 1. The van der Waals surface area contributed by atoms with E-state index in [-0.39, 0.29) is 11.9 Å². The third-order valence-corrected chi connectivity index (χ3v) is 5.50. The molecule has 7 heteroatoms. The Morgan fingerprint density at radius 3 is 2.48 bits per heavy atom. The van der Waals surface area contributed by atoms with Crippen LogP contribution in [0.25, 0.3) is 0 Å². The summed E-state index contributed by atoms with van der Waals surface area (Å²) in [6, 6.07) is 4.22. The molecule has 1 aromatic rings. The van der Waals surface area contributed by atoms with Gasteiger partial charge in [0, 0.05) is 44.7 Å². The summed E-state index contributed by atoms with van der Waals surface area (Å²) in [7, 11) is 7.39. The maximum absolute atomic E-state index is 13.1. The Morgan fingerprint density at radius 2 is 1.85 bits per heavy atom. The summed E-state index contributed by atoms with van der Waals surface area (Å²) in [5, 5.41) is 0. The van der Waals surface area contributed by atoms with Crippen molar-refractivity contribution in [2.75, 3.05) is 72.6 Å². The van der Waals surface area contributed by atoms with Gasteiger partial charge in [0.2, 0.25) is 5.91 Å². The predicted octanol–water partition coefficient (Wildman–Crippen LogP) is 1.25. The van der Waals surface area contributed by atoms with Crippen LogP contribution in [-0.2, 0) is 16.0 Å². The molecule has 1 unspecified atom stereocenters. The normalized spacial score (nSPS) is 20.5. The first-order valence-electron chi connectivity index (χ1n) is 9.55. The number of amides is 1. The minimum atomic E-state index is 0.154. The zero-order valence-corrected chi connectivity index (χ0v) is 16.9. The van der Waals surface area contributed by atoms with E-state index < -0.39 is 0 Å². The monoisotopic (exact) mass is 377 g/mol. The molecular weight excluding hydrogens is 346 g/mol. The van der Waals surface area contributed by atoms with E-state index in [1.54, 1.807) is 14.2 Å².